The van der Waals surface area contributed by atoms with Crippen molar-refractivity contribution in [3.05, 3.63) is 200 Å². The Labute approximate surface area is 324 Å². The molecule has 0 fully saturated rings. The maximum atomic E-state index is 5.28. The Balaban J connectivity index is 1.13. The maximum Gasteiger partial charge on any atom is 0.164 e. The highest BCUT2D eigenvalue weighted by molar-refractivity contribution is 6.20. The molecule has 56 heavy (non-hydrogen) atoms. The van der Waals surface area contributed by atoms with Crippen LogP contribution in [0.2, 0.25) is 0 Å². The molecule has 3 heteroatoms. The van der Waals surface area contributed by atoms with Crippen molar-refractivity contribution >= 4 is 53.9 Å². The highest BCUT2D eigenvalue weighted by atomic mass is 15.0. The van der Waals surface area contributed by atoms with Crippen LogP contribution < -0.4 is 0 Å². The van der Waals surface area contributed by atoms with Gasteiger partial charge in [-0.2, -0.15) is 0 Å². The molecule has 0 atom stereocenters. The molecule has 0 bridgehead atoms. The fraction of sp³-hybridized carbons (Fsp3) is 0. The first-order valence-corrected chi connectivity index (χ1v) is 19.0. The minimum Gasteiger partial charge on any atom is -0.208 e. The number of aromatic nitrogens is 3. The Hall–Kier alpha value is -7.49. The van der Waals surface area contributed by atoms with E-state index >= 15 is 0 Å². The smallest absolute Gasteiger partial charge is 0.164 e. The van der Waals surface area contributed by atoms with Crippen molar-refractivity contribution in [1.29, 1.82) is 0 Å². The second-order valence-electron chi connectivity index (χ2n) is 14.3. The van der Waals surface area contributed by atoms with E-state index in [0.717, 1.165) is 44.2 Å². The standard InChI is InChI=1S/C53H33N3/c1-2-13-34(14-3-1)41-19-10-11-23-46(41)52-54-51(55-53(56-52)47-24-12-18-37-26-25-36-16-5-8-21-43(36)50(37)47)39-29-27-38(28-30-39)49-44-22-9-6-17-40(44)33-48-42-20-7-4-15-35(42)31-32-45(48)49/h1-33H. The molecule has 260 valence electrons. The van der Waals surface area contributed by atoms with Gasteiger partial charge in [0.25, 0.3) is 0 Å². The molecule has 0 aliphatic heterocycles. The molecule has 11 aromatic rings. The molecule has 0 saturated carbocycles. The van der Waals surface area contributed by atoms with E-state index < -0.39 is 0 Å². The van der Waals surface area contributed by atoms with Gasteiger partial charge in [0, 0.05) is 22.1 Å². The van der Waals surface area contributed by atoms with Crippen molar-refractivity contribution in [3.8, 4) is 56.4 Å². The van der Waals surface area contributed by atoms with Crippen LogP contribution in [0.3, 0.4) is 0 Å². The van der Waals surface area contributed by atoms with Crippen molar-refractivity contribution in [3.63, 3.8) is 0 Å². The zero-order chi connectivity index (χ0) is 37.0. The Kier molecular flexibility index (Phi) is 7.49. The van der Waals surface area contributed by atoms with Gasteiger partial charge in [0.15, 0.2) is 17.5 Å². The second-order valence-corrected chi connectivity index (χ2v) is 14.3. The lowest BCUT2D eigenvalue weighted by molar-refractivity contribution is 1.08. The quantitative estimate of drug-likeness (QED) is 0.132. The van der Waals surface area contributed by atoms with Gasteiger partial charge in [0.1, 0.15) is 0 Å². The van der Waals surface area contributed by atoms with Crippen molar-refractivity contribution in [2.24, 2.45) is 0 Å². The van der Waals surface area contributed by atoms with Crippen LogP contribution in [0.4, 0.5) is 0 Å². The molecule has 1 heterocycles. The van der Waals surface area contributed by atoms with Gasteiger partial charge in [-0.3, -0.25) is 0 Å². The highest BCUT2D eigenvalue weighted by Crippen LogP contribution is 2.41. The van der Waals surface area contributed by atoms with Crippen LogP contribution >= 0.6 is 0 Å². The maximum absolute atomic E-state index is 5.28. The number of fused-ring (bicyclic) bond motifs is 7. The molecule has 0 amide bonds. The third-order valence-corrected chi connectivity index (χ3v) is 11.1. The zero-order valence-corrected chi connectivity index (χ0v) is 30.4. The number of benzene rings is 10. The summed E-state index contributed by atoms with van der Waals surface area (Å²) < 4.78 is 0. The number of rotatable bonds is 5. The van der Waals surface area contributed by atoms with E-state index in [9.17, 15) is 0 Å². The molecule has 1 aromatic heterocycles. The average molecular weight is 712 g/mol. The van der Waals surface area contributed by atoms with Gasteiger partial charge in [-0.25, -0.2) is 15.0 Å². The summed E-state index contributed by atoms with van der Waals surface area (Å²) in [5, 5.41) is 12.1. The first-order chi connectivity index (χ1) is 27.8. The van der Waals surface area contributed by atoms with Crippen LogP contribution in [0, 0.1) is 0 Å². The predicted molar refractivity (Wildman–Crippen MR) is 235 cm³/mol. The van der Waals surface area contributed by atoms with Gasteiger partial charge in [0.05, 0.1) is 0 Å². The summed E-state index contributed by atoms with van der Waals surface area (Å²) in [7, 11) is 0. The van der Waals surface area contributed by atoms with E-state index in [1.54, 1.807) is 0 Å². The van der Waals surface area contributed by atoms with E-state index in [1.165, 1.54) is 48.7 Å². The molecule has 0 spiro atoms. The predicted octanol–water partition coefficient (Wildman–Crippen LogP) is 14.0. The Morgan fingerprint density at radius 2 is 0.786 bits per heavy atom. The number of hydrogen-bond donors (Lipinski definition) is 0. The molecule has 11 rings (SSSR count). The number of nitrogens with zero attached hydrogens (tertiary/aromatic N) is 3. The largest absolute Gasteiger partial charge is 0.208 e. The summed E-state index contributed by atoms with van der Waals surface area (Å²) in [4.78, 5) is 15.8. The summed E-state index contributed by atoms with van der Waals surface area (Å²) in [5.41, 5.74) is 7.43. The zero-order valence-electron chi connectivity index (χ0n) is 30.4. The summed E-state index contributed by atoms with van der Waals surface area (Å²) in [5.74, 6) is 1.91. The van der Waals surface area contributed by atoms with Crippen molar-refractivity contribution in [2.75, 3.05) is 0 Å². The van der Waals surface area contributed by atoms with Crippen LogP contribution in [-0.4, -0.2) is 15.0 Å². The summed E-state index contributed by atoms with van der Waals surface area (Å²) in [6.45, 7) is 0. The van der Waals surface area contributed by atoms with Crippen LogP contribution in [0.5, 0.6) is 0 Å². The SMILES string of the molecule is c1ccc(-c2ccccc2-c2nc(-c3ccc(-c4c5ccccc5cc5c4ccc4ccccc45)cc3)nc(-c3cccc4ccc5ccccc5c34)n2)cc1. The van der Waals surface area contributed by atoms with E-state index in [-0.39, 0.29) is 0 Å². The first kappa shape index (κ1) is 32.0. The first-order valence-electron chi connectivity index (χ1n) is 19.0. The number of hydrogen-bond acceptors (Lipinski definition) is 3. The van der Waals surface area contributed by atoms with E-state index in [4.69, 9.17) is 15.0 Å². The Morgan fingerprint density at radius 3 is 1.59 bits per heavy atom. The van der Waals surface area contributed by atoms with Crippen LogP contribution in [-0.2, 0) is 0 Å². The molecule has 0 aliphatic rings. The van der Waals surface area contributed by atoms with Crippen LogP contribution in [0.15, 0.2) is 200 Å². The topological polar surface area (TPSA) is 38.7 Å². The second kappa shape index (κ2) is 13.1. The minimum atomic E-state index is 0.630. The lowest BCUT2D eigenvalue weighted by Crippen LogP contribution is -2.01. The van der Waals surface area contributed by atoms with E-state index in [0.29, 0.717) is 17.5 Å². The van der Waals surface area contributed by atoms with Crippen LogP contribution in [0.1, 0.15) is 0 Å². The van der Waals surface area contributed by atoms with E-state index in [2.05, 4.69) is 194 Å². The fourth-order valence-corrected chi connectivity index (χ4v) is 8.46. The summed E-state index contributed by atoms with van der Waals surface area (Å²) in [6, 6.07) is 71.1. The van der Waals surface area contributed by atoms with Crippen LogP contribution in [0.25, 0.3) is 110 Å². The molecule has 3 nitrogen and oxygen atoms in total. The average Bonchev–Trinajstić information content (AvgIpc) is 3.28. The molecule has 0 saturated heterocycles. The normalized spacial score (nSPS) is 11.6. The molecule has 10 aromatic carbocycles. The lowest BCUT2D eigenvalue weighted by atomic mass is 9.89. The monoisotopic (exact) mass is 711 g/mol. The summed E-state index contributed by atoms with van der Waals surface area (Å²) in [6.07, 6.45) is 0. The van der Waals surface area contributed by atoms with Crippen molar-refractivity contribution < 1.29 is 0 Å². The molecule has 0 N–H and O–H groups in total. The van der Waals surface area contributed by atoms with Gasteiger partial charge in [-0.1, -0.05) is 194 Å². The lowest BCUT2D eigenvalue weighted by Gasteiger charge is -2.15. The molecular formula is C53H33N3. The van der Waals surface area contributed by atoms with Gasteiger partial charge in [0.2, 0.25) is 0 Å². The molecular weight excluding hydrogens is 679 g/mol. The third-order valence-electron chi connectivity index (χ3n) is 11.1. The Bertz CT molecular complexity index is 3300. The van der Waals surface area contributed by atoms with Crippen molar-refractivity contribution in [1.82, 2.24) is 15.0 Å². The summed E-state index contributed by atoms with van der Waals surface area (Å²) >= 11 is 0. The fourth-order valence-electron chi connectivity index (χ4n) is 8.46. The van der Waals surface area contributed by atoms with Gasteiger partial charge >= 0.3 is 0 Å². The molecule has 0 aliphatic carbocycles. The van der Waals surface area contributed by atoms with Gasteiger partial charge in [-0.15, -0.1) is 0 Å². The van der Waals surface area contributed by atoms with Crippen molar-refractivity contribution in [2.45, 2.75) is 0 Å². The highest BCUT2D eigenvalue weighted by Gasteiger charge is 2.19. The Morgan fingerprint density at radius 1 is 0.250 bits per heavy atom. The third kappa shape index (κ3) is 5.32. The van der Waals surface area contributed by atoms with Gasteiger partial charge in [-0.05, 0) is 76.8 Å². The van der Waals surface area contributed by atoms with E-state index in [1.807, 2.05) is 6.07 Å². The minimum absolute atomic E-state index is 0.630. The molecule has 0 radical (unpaired) electrons. The molecule has 0 unspecified atom stereocenters. The van der Waals surface area contributed by atoms with Gasteiger partial charge < -0.3 is 0 Å².